The van der Waals surface area contributed by atoms with Crippen LogP contribution in [0, 0.1) is 11.8 Å². The normalized spacial score (nSPS) is 17.8. The summed E-state index contributed by atoms with van der Waals surface area (Å²) in [7, 11) is 3.17. The molecule has 0 spiro atoms. The summed E-state index contributed by atoms with van der Waals surface area (Å²) < 4.78 is 32.3. The van der Waals surface area contributed by atoms with Crippen molar-refractivity contribution in [3.63, 3.8) is 0 Å². The first-order valence-electron chi connectivity index (χ1n) is 25.1. The number of fused-ring (bicyclic) bond motifs is 2. The van der Waals surface area contributed by atoms with Gasteiger partial charge in [0.05, 0.1) is 14.2 Å². The van der Waals surface area contributed by atoms with E-state index < -0.39 is 17.4 Å². The Morgan fingerprint density at radius 2 is 1.01 bits per heavy atom. The molecule has 4 aromatic carbocycles. The van der Waals surface area contributed by atoms with Crippen molar-refractivity contribution in [3.05, 3.63) is 120 Å². The average molecular weight is 995 g/mol. The second kappa shape index (κ2) is 21.9. The number of imidazole rings is 2. The first kappa shape index (κ1) is 50.2. The van der Waals surface area contributed by atoms with Gasteiger partial charge in [-0.1, -0.05) is 36.4 Å². The number of carbonyl (C=O) groups is 3. The maximum atomic E-state index is 12.7. The lowest BCUT2D eigenvalue weighted by atomic mass is 9.81. The van der Waals surface area contributed by atoms with Gasteiger partial charge in [0.15, 0.2) is 34.4 Å². The van der Waals surface area contributed by atoms with Crippen molar-refractivity contribution in [1.29, 1.82) is 0 Å². The van der Waals surface area contributed by atoms with Gasteiger partial charge in [0, 0.05) is 49.1 Å². The Morgan fingerprint density at radius 1 is 0.575 bits per heavy atom. The molecule has 18 heteroatoms. The summed E-state index contributed by atoms with van der Waals surface area (Å²) in [5, 5.41) is 3.43. The van der Waals surface area contributed by atoms with Gasteiger partial charge in [-0.05, 0) is 145 Å². The zero-order valence-electron chi connectivity index (χ0n) is 42.2. The van der Waals surface area contributed by atoms with Crippen molar-refractivity contribution >= 4 is 17.9 Å². The highest BCUT2D eigenvalue weighted by molar-refractivity contribution is 5.98. The van der Waals surface area contributed by atoms with E-state index in [0.717, 1.165) is 75.4 Å². The zero-order chi connectivity index (χ0) is 51.2. The predicted molar refractivity (Wildman–Crippen MR) is 278 cm³/mol. The number of piperidine rings is 2. The van der Waals surface area contributed by atoms with Gasteiger partial charge in [0.2, 0.25) is 0 Å². The maximum Gasteiger partial charge on any atom is 0.410 e. The Morgan fingerprint density at radius 3 is 1.42 bits per heavy atom. The SMILES string of the molecule is COc1cc(-c2nc3n(c2C(N)=O)NCCC3C2CCN(C(=O)OC(C)(C)C)CC2)ccc1Oc1ccccc1.COc1cc(-c2nc3n(c2C(N)=O)NCCC3C2CCNCC2)ccc1Oc1ccccc1. The standard InChI is InChI=1S/C30H37N5O5.C25H29N5O3/c1-30(2,3)40-29(37)34-16-13-19(14-17-34)22-12-15-32-35-26(27(31)36)25(33-28(22)35)20-10-11-23(24(18-20)38-4)39-21-8-6-5-7-9-21;1-32-21-15-17(7-8-20(21)33-18-5-3-2-4-6-18)22-23(24(26)31)30-25(29-22)19(11-14-28-30)16-9-12-27-13-10-16/h5-11,18-19,22,32H,12-17H2,1-4H3,(H2,31,36);2-8,15-16,19,27-28H,9-14H2,1H3,(H2,26,31). The number of hydrogen-bond donors (Lipinski definition) is 5. The third kappa shape index (κ3) is 11.2. The number of nitrogens with zero attached hydrogens (tertiary/aromatic N) is 5. The number of hydrogen-bond acceptors (Lipinski definition) is 13. The summed E-state index contributed by atoms with van der Waals surface area (Å²) in [5.41, 5.74) is 21.1. The molecule has 18 nitrogen and oxygen atoms in total. The van der Waals surface area contributed by atoms with Crippen LogP contribution in [-0.4, -0.2) is 101 Å². The molecular weight excluding hydrogens is 929 g/mol. The van der Waals surface area contributed by atoms with E-state index in [4.69, 9.17) is 45.1 Å². The van der Waals surface area contributed by atoms with Crippen LogP contribution in [0.5, 0.6) is 34.5 Å². The fraction of sp³-hybridized carbons (Fsp3) is 0.400. The van der Waals surface area contributed by atoms with Gasteiger partial charge in [-0.3, -0.25) is 9.59 Å². The quantitative estimate of drug-likeness (QED) is 0.0776. The molecule has 2 unspecified atom stereocenters. The maximum absolute atomic E-state index is 12.7. The lowest BCUT2D eigenvalue weighted by Crippen LogP contribution is -2.43. The topological polar surface area (TPSA) is 224 Å². The molecule has 0 aliphatic carbocycles. The van der Waals surface area contributed by atoms with Crippen LogP contribution in [0.15, 0.2) is 97.1 Å². The van der Waals surface area contributed by atoms with E-state index in [9.17, 15) is 14.4 Å². The van der Waals surface area contributed by atoms with Crippen LogP contribution in [0.1, 0.15) is 104 Å². The lowest BCUT2D eigenvalue weighted by Gasteiger charge is -2.38. The van der Waals surface area contributed by atoms with E-state index in [1.54, 1.807) is 23.8 Å². The van der Waals surface area contributed by atoms with E-state index in [-0.39, 0.29) is 12.0 Å². The Bertz CT molecular complexity index is 2900. The van der Waals surface area contributed by atoms with E-state index in [0.29, 0.717) is 100 Å². The van der Waals surface area contributed by atoms with Gasteiger partial charge in [-0.2, -0.15) is 0 Å². The van der Waals surface area contributed by atoms with Crippen molar-refractivity contribution in [2.45, 2.75) is 76.7 Å². The van der Waals surface area contributed by atoms with Gasteiger partial charge in [0.25, 0.3) is 11.8 Å². The van der Waals surface area contributed by atoms with E-state index in [1.165, 1.54) is 0 Å². The molecule has 2 aromatic heterocycles. The smallest absolute Gasteiger partial charge is 0.410 e. The van der Waals surface area contributed by atoms with Crippen molar-refractivity contribution in [1.82, 2.24) is 29.5 Å². The number of ether oxygens (including phenoxy) is 5. The Labute approximate surface area is 425 Å². The van der Waals surface area contributed by atoms with Crippen molar-refractivity contribution in [2.75, 3.05) is 64.3 Å². The molecule has 73 heavy (non-hydrogen) atoms. The largest absolute Gasteiger partial charge is 0.493 e. The predicted octanol–water partition coefficient (Wildman–Crippen LogP) is 8.61. The fourth-order valence-corrected chi connectivity index (χ4v) is 10.5. The minimum Gasteiger partial charge on any atom is -0.493 e. The van der Waals surface area contributed by atoms with Crippen LogP contribution >= 0.6 is 0 Å². The van der Waals surface area contributed by atoms with Crippen molar-refractivity contribution < 1.29 is 38.1 Å². The molecule has 2 atom stereocenters. The monoisotopic (exact) mass is 995 g/mol. The number of methoxy groups -OCH3 is 2. The summed E-state index contributed by atoms with van der Waals surface area (Å²) in [6, 6.07) is 30.0. The third-order valence-electron chi connectivity index (χ3n) is 13.9. The second-order valence-corrected chi connectivity index (χ2v) is 19.8. The molecule has 4 aliphatic rings. The third-order valence-corrected chi connectivity index (χ3v) is 13.9. The number of rotatable bonds is 12. The number of para-hydroxylation sites is 2. The van der Waals surface area contributed by atoms with E-state index >= 15 is 0 Å². The van der Waals surface area contributed by atoms with E-state index in [2.05, 4.69) is 16.2 Å². The number of carbonyl (C=O) groups excluding carboxylic acids is 3. The molecule has 10 rings (SSSR count). The molecule has 3 amide bonds. The van der Waals surface area contributed by atoms with Crippen LogP contribution < -0.4 is 46.6 Å². The van der Waals surface area contributed by atoms with Crippen molar-refractivity contribution in [3.8, 4) is 57.0 Å². The molecule has 6 aromatic rings. The molecule has 0 saturated carbocycles. The Hall–Kier alpha value is -7.73. The molecular formula is C55H66N10O8. The number of amides is 3. The molecule has 4 aliphatic heterocycles. The molecule has 384 valence electrons. The number of likely N-dealkylation sites (tertiary alicyclic amines) is 1. The highest BCUT2D eigenvalue weighted by Crippen LogP contribution is 2.43. The minimum atomic E-state index is -0.565. The fourth-order valence-electron chi connectivity index (χ4n) is 10.5. The summed E-state index contributed by atoms with van der Waals surface area (Å²) >= 11 is 0. The van der Waals surface area contributed by atoms with Crippen LogP contribution in [0.4, 0.5) is 4.79 Å². The van der Waals surface area contributed by atoms with Gasteiger partial charge in [-0.25, -0.2) is 24.1 Å². The molecule has 0 bridgehead atoms. The van der Waals surface area contributed by atoms with Crippen LogP contribution in [0.2, 0.25) is 0 Å². The summed E-state index contributed by atoms with van der Waals surface area (Å²) in [5.74, 6) is 5.48. The van der Waals surface area contributed by atoms with Gasteiger partial charge in [0.1, 0.15) is 40.1 Å². The van der Waals surface area contributed by atoms with Crippen LogP contribution in [-0.2, 0) is 4.74 Å². The highest BCUT2D eigenvalue weighted by atomic mass is 16.6. The number of nitrogens with one attached hydrogen (secondary N) is 3. The zero-order valence-corrected chi connectivity index (χ0v) is 42.2. The first-order chi connectivity index (χ1) is 35.3. The number of aromatic nitrogens is 4. The number of primary amides is 2. The molecule has 7 N–H and O–H groups in total. The average Bonchev–Trinajstić information content (AvgIpc) is 4.00. The molecule has 6 heterocycles. The number of nitrogens with two attached hydrogens (primary N) is 2. The Balaban J connectivity index is 0.000000183. The highest BCUT2D eigenvalue weighted by Gasteiger charge is 2.38. The summed E-state index contributed by atoms with van der Waals surface area (Å²) in [6.45, 7) is 10.4. The lowest BCUT2D eigenvalue weighted by molar-refractivity contribution is 0.0170. The molecule has 0 radical (unpaired) electrons. The van der Waals surface area contributed by atoms with Gasteiger partial charge < -0.3 is 56.2 Å². The van der Waals surface area contributed by atoms with Crippen LogP contribution in [0.25, 0.3) is 22.5 Å². The van der Waals surface area contributed by atoms with Crippen LogP contribution in [0.3, 0.4) is 0 Å². The molecule has 2 saturated heterocycles. The first-order valence-corrected chi connectivity index (χ1v) is 25.1. The van der Waals surface area contributed by atoms with Gasteiger partial charge in [-0.15, -0.1) is 0 Å². The summed E-state index contributed by atoms with van der Waals surface area (Å²) in [6.07, 6.45) is 5.47. The number of benzene rings is 4. The second-order valence-electron chi connectivity index (χ2n) is 19.8. The van der Waals surface area contributed by atoms with E-state index in [1.807, 2.05) is 123 Å². The summed E-state index contributed by atoms with van der Waals surface area (Å²) in [4.78, 5) is 49.5. The van der Waals surface area contributed by atoms with Gasteiger partial charge >= 0.3 is 6.09 Å². The van der Waals surface area contributed by atoms with Crippen molar-refractivity contribution in [2.24, 2.45) is 23.3 Å². The molecule has 2 fully saturated rings. The minimum absolute atomic E-state index is 0.122. The Kier molecular flexibility index (Phi) is 15.1.